The molecule has 9 nitrogen and oxygen atoms in total. The molecule has 11 heteroatoms. The Morgan fingerprint density at radius 3 is 2.15 bits per heavy atom. The third kappa shape index (κ3) is 7.75. The van der Waals surface area contributed by atoms with Gasteiger partial charge < -0.3 is 19.7 Å². The lowest BCUT2D eigenvalue weighted by Crippen LogP contribution is -2.52. The zero-order valence-electron chi connectivity index (χ0n) is 23.8. The van der Waals surface area contributed by atoms with Gasteiger partial charge in [0, 0.05) is 18.7 Å². The molecule has 3 aromatic carbocycles. The fraction of sp³-hybridized carbons (Fsp3) is 0.333. The Bertz CT molecular complexity index is 1430. The van der Waals surface area contributed by atoms with E-state index in [1.54, 1.807) is 37.3 Å². The number of carbonyl (C=O) groups excluding carboxylic acids is 2. The third-order valence-corrected chi connectivity index (χ3v) is 8.47. The van der Waals surface area contributed by atoms with Crippen molar-refractivity contribution in [2.75, 3.05) is 25.1 Å². The summed E-state index contributed by atoms with van der Waals surface area (Å²) in [6.07, 6.45) is 0.690. The predicted octanol–water partition coefficient (Wildman–Crippen LogP) is 4.37. The Balaban J connectivity index is 2.03. The van der Waals surface area contributed by atoms with Crippen LogP contribution < -0.4 is 19.1 Å². The molecule has 3 aromatic rings. The summed E-state index contributed by atoms with van der Waals surface area (Å²) in [5.41, 5.74) is 0.839. The van der Waals surface area contributed by atoms with Gasteiger partial charge >= 0.3 is 0 Å². The van der Waals surface area contributed by atoms with Crippen molar-refractivity contribution in [3.8, 4) is 11.5 Å². The normalized spacial score (nSPS) is 12.6. The van der Waals surface area contributed by atoms with Crippen molar-refractivity contribution in [3.63, 3.8) is 0 Å². The number of ether oxygens (including phenoxy) is 2. The molecule has 41 heavy (non-hydrogen) atoms. The fourth-order valence-corrected chi connectivity index (χ4v) is 5.49. The highest BCUT2D eigenvalue weighted by molar-refractivity contribution is 7.92. The molecule has 0 fully saturated rings. The summed E-state index contributed by atoms with van der Waals surface area (Å²) in [6, 6.07) is 16.9. The molecule has 3 rings (SSSR count). The number of nitrogens with zero attached hydrogens (tertiary/aromatic N) is 2. The molecule has 0 aliphatic carbocycles. The molecule has 1 N–H and O–H groups in total. The number of sulfonamides is 1. The number of halogens is 1. The molecule has 220 valence electrons. The Hall–Kier alpha value is -4.12. The molecule has 0 spiro atoms. The maximum atomic E-state index is 14.0. The average Bonchev–Trinajstić information content (AvgIpc) is 2.98. The van der Waals surface area contributed by atoms with Crippen LogP contribution >= 0.6 is 0 Å². The van der Waals surface area contributed by atoms with Crippen molar-refractivity contribution < 1.29 is 31.9 Å². The van der Waals surface area contributed by atoms with Crippen LogP contribution in [-0.4, -0.2) is 58.0 Å². The van der Waals surface area contributed by atoms with Gasteiger partial charge in [-0.1, -0.05) is 37.3 Å². The topological polar surface area (TPSA) is 105 Å². The van der Waals surface area contributed by atoms with Crippen LogP contribution in [0.1, 0.15) is 32.8 Å². The third-order valence-electron chi connectivity index (χ3n) is 6.70. The van der Waals surface area contributed by atoms with Crippen molar-refractivity contribution >= 4 is 27.5 Å². The van der Waals surface area contributed by atoms with Crippen LogP contribution in [0.15, 0.2) is 77.7 Å². The first-order valence-corrected chi connectivity index (χ1v) is 14.6. The summed E-state index contributed by atoms with van der Waals surface area (Å²) in [4.78, 5) is 28.2. The highest BCUT2D eigenvalue weighted by atomic mass is 32.2. The van der Waals surface area contributed by atoms with Crippen molar-refractivity contribution in [2.45, 2.75) is 50.7 Å². The maximum Gasteiger partial charge on any atom is 0.264 e. The summed E-state index contributed by atoms with van der Waals surface area (Å²) in [5, 5.41) is 2.87. The summed E-state index contributed by atoms with van der Waals surface area (Å²) in [6.45, 7) is 4.72. The minimum Gasteiger partial charge on any atom is -0.493 e. The van der Waals surface area contributed by atoms with Crippen LogP contribution in [0, 0.1) is 5.82 Å². The van der Waals surface area contributed by atoms with E-state index in [4.69, 9.17) is 9.47 Å². The summed E-state index contributed by atoms with van der Waals surface area (Å²) >= 11 is 0. The number of benzene rings is 3. The van der Waals surface area contributed by atoms with Crippen LogP contribution in [0.4, 0.5) is 10.1 Å². The number of hydrogen-bond donors (Lipinski definition) is 1. The van der Waals surface area contributed by atoms with E-state index >= 15 is 0 Å². The second-order valence-corrected chi connectivity index (χ2v) is 11.4. The SMILES string of the molecule is CC[C@@H](C)NC(=O)[C@@H](C)N(Cc1ccc(F)cc1)C(=O)CN(c1ccccc1)S(=O)(=O)c1ccc(OC)c(OC)c1. The largest absolute Gasteiger partial charge is 0.493 e. The van der Waals surface area contributed by atoms with E-state index in [0.717, 1.165) is 4.31 Å². The minimum absolute atomic E-state index is 0.0345. The molecule has 2 amide bonds. The molecule has 0 aromatic heterocycles. The Morgan fingerprint density at radius 1 is 0.927 bits per heavy atom. The zero-order valence-corrected chi connectivity index (χ0v) is 24.7. The van der Waals surface area contributed by atoms with E-state index in [9.17, 15) is 22.4 Å². The van der Waals surface area contributed by atoms with Crippen LogP contribution in [0.5, 0.6) is 11.5 Å². The standard InChI is InChI=1S/C30H36FN3O6S/c1-6-21(2)32-30(36)22(3)33(19-23-12-14-24(31)15-13-23)29(35)20-34(25-10-8-7-9-11-25)41(37,38)26-16-17-27(39-4)28(18-26)40-5/h7-18,21-22H,6,19-20H2,1-5H3,(H,32,36)/t21-,22-/m1/s1. The molecule has 0 radical (unpaired) electrons. The molecule has 0 unspecified atom stereocenters. The first-order chi connectivity index (χ1) is 19.5. The van der Waals surface area contributed by atoms with Crippen molar-refractivity contribution in [1.29, 1.82) is 0 Å². The molecule has 0 saturated heterocycles. The first-order valence-electron chi connectivity index (χ1n) is 13.2. The van der Waals surface area contributed by atoms with E-state index < -0.39 is 34.3 Å². The summed E-state index contributed by atoms with van der Waals surface area (Å²) in [5.74, 6) is -0.884. The van der Waals surface area contributed by atoms with E-state index in [1.807, 2.05) is 13.8 Å². The fourth-order valence-electron chi connectivity index (χ4n) is 4.06. The van der Waals surface area contributed by atoms with Crippen LogP contribution in [0.25, 0.3) is 0 Å². The molecule has 0 aliphatic heterocycles. The number of carbonyl (C=O) groups is 2. The highest BCUT2D eigenvalue weighted by Crippen LogP contribution is 2.32. The quantitative estimate of drug-likeness (QED) is 0.320. The van der Waals surface area contributed by atoms with Crippen LogP contribution in [0.3, 0.4) is 0 Å². The number of methoxy groups -OCH3 is 2. The van der Waals surface area contributed by atoms with Gasteiger partial charge in [0.05, 0.1) is 24.8 Å². The molecule has 0 saturated carbocycles. The number of amides is 2. The van der Waals surface area contributed by atoms with Gasteiger partial charge in [0.15, 0.2) is 11.5 Å². The van der Waals surface area contributed by atoms with Gasteiger partial charge in [0.2, 0.25) is 11.8 Å². The molecular weight excluding hydrogens is 549 g/mol. The second-order valence-electron chi connectivity index (χ2n) is 9.51. The van der Waals surface area contributed by atoms with Gasteiger partial charge in [-0.2, -0.15) is 0 Å². The Labute approximate surface area is 240 Å². The molecule has 2 atom stereocenters. The Kier molecular flexibility index (Phi) is 10.7. The number of rotatable bonds is 13. The minimum atomic E-state index is -4.29. The summed E-state index contributed by atoms with van der Waals surface area (Å²) < 4.78 is 53.1. The summed E-state index contributed by atoms with van der Waals surface area (Å²) in [7, 11) is -1.45. The van der Waals surface area contributed by atoms with Gasteiger partial charge in [-0.05, 0) is 62.2 Å². The Morgan fingerprint density at radius 2 is 1.56 bits per heavy atom. The van der Waals surface area contributed by atoms with E-state index in [1.165, 1.54) is 61.6 Å². The molecule has 0 aliphatic rings. The second kappa shape index (κ2) is 14.0. The molecular formula is C30H36FN3O6S. The highest BCUT2D eigenvalue weighted by Gasteiger charge is 2.33. The van der Waals surface area contributed by atoms with E-state index in [2.05, 4.69) is 5.32 Å². The van der Waals surface area contributed by atoms with Gasteiger partial charge in [-0.25, -0.2) is 12.8 Å². The van der Waals surface area contributed by atoms with Gasteiger partial charge in [-0.3, -0.25) is 13.9 Å². The van der Waals surface area contributed by atoms with E-state index in [0.29, 0.717) is 17.7 Å². The smallest absolute Gasteiger partial charge is 0.264 e. The van der Waals surface area contributed by atoms with Crippen LogP contribution in [-0.2, 0) is 26.2 Å². The van der Waals surface area contributed by atoms with E-state index in [-0.39, 0.29) is 34.8 Å². The molecule has 0 heterocycles. The van der Waals surface area contributed by atoms with Gasteiger partial charge in [0.1, 0.15) is 18.4 Å². The number of anilines is 1. The zero-order chi connectivity index (χ0) is 30.2. The number of hydrogen-bond acceptors (Lipinski definition) is 6. The lowest BCUT2D eigenvalue weighted by atomic mass is 10.1. The van der Waals surface area contributed by atoms with Crippen molar-refractivity contribution in [2.24, 2.45) is 0 Å². The van der Waals surface area contributed by atoms with Crippen molar-refractivity contribution in [3.05, 3.63) is 84.2 Å². The number of para-hydroxylation sites is 1. The predicted molar refractivity (Wildman–Crippen MR) is 155 cm³/mol. The monoisotopic (exact) mass is 585 g/mol. The molecule has 0 bridgehead atoms. The maximum absolute atomic E-state index is 14.0. The number of nitrogens with one attached hydrogen (secondary N) is 1. The lowest BCUT2D eigenvalue weighted by molar-refractivity contribution is -0.139. The van der Waals surface area contributed by atoms with Crippen LogP contribution in [0.2, 0.25) is 0 Å². The van der Waals surface area contributed by atoms with Crippen molar-refractivity contribution in [1.82, 2.24) is 10.2 Å². The average molecular weight is 586 g/mol. The van der Waals surface area contributed by atoms with Gasteiger partial charge in [-0.15, -0.1) is 0 Å². The lowest BCUT2D eigenvalue weighted by Gasteiger charge is -2.32. The van der Waals surface area contributed by atoms with Gasteiger partial charge in [0.25, 0.3) is 10.0 Å². The first kappa shape index (κ1) is 31.4.